The van der Waals surface area contributed by atoms with Gasteiger partial charge in [0.25, 0.3) is 0 Å². The molecule has 0 aromatic rings. The molecule has 2 rings (SSSR count). The highest BCUT2D eigenvalue weighted by atomic mass is 15.2. The van der Waals surface area contributed by atoms with Gasteiger partial charge < -0.3 is 5.32 Å². The maximum atomic E-state index is 3.63. The summed E-state index contributed by atoms with van der Waals surface area (Å²) < 4.78 is 0. The third-order valence-corrected chi connectivity index (χ3v) is 4.36. The van der Waals surface area contributed by atoms with Crippen LogP contribution < -0.4 is 5.32 Å². The third kappa shape index (κ3) is 3.96. The molecule has 0 aromatic heterocycles. The Balaban J connectivity index is 1.96. The van der Waals surface area contributed by atoms with E-state index in [1.165, 1.54) is 64.6 Å². The molecule has 2 fully saturated rings. The fourth-order valence-electron chi connectivity index (χ4n) is 3.54. The van der Waals surface area contributed by atoms with Crippen LogP contribution in [0.2, 0.25) is 0 Å². The van der Waals surface area contributed by atoms with E-state index < -0.39 is 0 Å². The fourth-order valence-corrected chi connectivity index (χ4v) is 3.54. The van der Waals surface area contributed by atoms with Gasteiger partial charge in [-0.05, 0) is 38.1 Å². The minimum Gasteiger partial charge on any atom is -0.315 e. The van der Waals surface area contributed by atoms with Gasteiger partial charge in [-0.1, -0.05) is 33.1 Å². The van der Waals surface area contributed by atoms with Gasteiger partial charge in [0, 0.05) is 25.2 Å². The van der Waals surface area contributed by atoms with E-state index in [0.29, 0.717) is 0 Å². The lowest BCUT2D eigenvalue weighted by molar-refractivity contribution is 0.113. The molecule has 1 aliphatic heterocycles. The number of hydrogen-bond acceptors (Lipinski definition) is 2. The molecular weight excluding hydrogens is 208 g/mol. The Morgan fingerprint density at radius 1 is 1.00 bits per heavy atom. The lowest BCUT2D eigenvalue weighted by atomic mass is 10.0. The summed E-state index contributed by atoms with van der Waals surface area (Å²) >= 11 is 0. The SMILES string of the molecule is CC(C)CN(C1CCCC1)C1CCCCNC1. The van der Waals surface area contributed by atoms with E-state index in [1.807, 2.05) is 0 Å². The van der Waals surface area contributed by atoms with Crippen LogP contribution in [0.5, 0.6) is 0 Å². The van der Waals surface area contributed by atoms with Crippen molar-refractivity contribution in [3.8, 4) is 0 Å². The summed E-state index contributed by atoms with van der Waals surface area (Å²) in [5.41, 5.74) is 0. The van der Waals surface area contributed by atoms with E-state index >= 15 is 0 Å². The molecule has 1 N–H and O–H groups in total. The Morgan fingerprint density at radius 3 is 2.35 bits per heavy atom. The molecule has 2 nitrogen and oxygen atoms in total. The zero-order chi connectivity index (χ0) is 12.1. The van der Waals surface area contributed by atoms with Crippen LogP contribution in [0.4, 0.5) is 0 Å². The van der Waals surface area contributed by atoms with Crippen LogP contribution in [-0.2, 0) is 0 Å². The maximum Gasteiger partial charge on any atom is 0.0223 e. The molecule has 17 heavy (non-hydrogen) atoms. The van der Waals surface area contributed by atoms with E-state index in [1.54, 1.807) is 0 Å². The van der Waals surface area contributed by atoms with Crippen LogP contribution >= 0.6 is 0 Å². The lowest BCUT2D eigenvalue weighted by Crippen LogP contribution is -2.47. The van der Waals surface area contributed by atoms with E-state index in [2.05, 4.69) is 24.1 Å². The van der Waals surface area contributed by atoms with Crippen molar-refractivity contribution in [1.29, 1.82) is 0 Å². The summed E-state index contributed by atoms with van der Waals surface area (Å²) in [5.74, 6) is 0.804. The van der Waals surface area contributed by atoms with E-state index in [9.17, 15) is 0 Å². The van der Waals surface area contributed by atoms with Gasteiger partial charge >= 0.3 is 0 Å². The van der Waals surface area contributed by atoms with E-state index in [0.717, 1.165) is 18.0 Å². The summed E-state index contributed by atoms with van der Waals surface area (Å²) in [5, 5.41) is 3.63. The Labute approximate surface area is 107 Å². The molecule has 1 aliphatic carbocycles. The first-order valence-electron chi connectivity index (χ1n) is 7.74. The quantitative estimate of drug-likeness (QED) is 0.810. The van der Waals surface area contributed by atoms with Crippen molar-refractivity contribution in [2.24, 2.45) is 5.92 Å². The Hall–Kier alpha value is -0.0800. The van der Waals surface area contributed by atoms with Gasteiger partial charge in [-0.3, -0.25) is 4.90 Å². The molecule has 1 heterocycles. The molecule has 1 saturated carbocycles. The average Bonchev–Trinajstić information content (AvgIpc) is 2.68. The molecular formula is C15H30N2. The first-order chi connectivity index (χ1) is 8.27. The number of nitrogens with zero attached hydrogens (tertiary/aromatic N) is 1. The van der Waals surface area contributed by atoms with Crippen LogP contribution in [0.3, 0.4) is 0 Å². The molecule has 0 radical (unpaired) electrons. The van der Waals surface area contributed by atoms with E-state index in [4.69, 9.17) is 0 Å². The highest BCUT2D eigenvalue weighted by Crippen LogP contribution is 2.27. The lowest BCUT2D eigenvalue weighted by Gasteiger charge is -2.37. The van der Waals surface area contributed by atoms with Gasteiger partial charge in [0.15, 0.2) is 0 Å². The minimum atomic E-state index is 0.804. The molecule has 1 unspecified atom stereocenters. The molecule has 0 aromatic carbocycles. The van der Waals surface area contributed by atoms with Gasteiger partial charge in [-0.25, -0.2) is 0 Å². The zero-order valence-corrected chi connectivity index (χ0v) is 11.8. The molecule has 100 valence electrons. The summed E-state index contributed by atoms with van der Waals surface area (Å²) in [4.78, 5) is 2.86. The zero-order valence-electron chi connectivity index (χ0n) is 11.8. The summed E-state index contributed by atoms with van der Waals surface area (Å²) in [6.45, 7) is 8.50. The summed E-state index contributed by atoms with van der Waals surface area (Å²) in [6.07, 6.45) is 10.0. The summed E-state index contributed by atoms with van der Waals surface area (Å²) in [7, 11) is 0. The van der Waals surface area contributed by atoms with Gasteiger partial charge in [0.05, 0.1) is 0 Å². The number of rotatable bonds is 4. The Kier molecular flexibility index (Phi) is 5.30. The van der Waals surface area contributed by atoms with Crippen LogP contribution in [-0.4, -0.2) is 36.6 Å². The molecule has 1 atom stereocenters. The van der Waals surface area contributed by atoms with Crippen molar-refractivity contribution in [3.05, 3.63) is 0 Å². The van der Waals surface area contributed by atoms with Gasteiger partial charge in [-0.2, -0.15) is 0 Å². The Bertz CT molecular complexity index is 201. The second-order valence-electron chi connectivity index (χ2n) is 6.38. The molecule has 0 amide bonds. The predicted molar refractivity (Wildman–Crippen MR) is 74.3 cm³/mol. The highest BCUT2D eigenvalue weighted by molar-refractivity contribution is 4.85. The standard InChI is InChI=1S/C15H30N2/c1-13(2)12-17(14-7-3-4-8-14)15-9-5-6-10-16-11-15/h13-16H,3-12H2,1-2H3. The van der Waals surface area contributed by atoms with Gasteiger partial charge in [0.2, 0.25) is 0 Å². The molecule has 2 heteroatoms. The van der Waals surface area contributed by atoms with Crippen LogP contribution in [0.1, 0.15) is 58.8 Å². The minimum absolute atomic E-state index is 0.804. The number of hydrogen-bond donors (Lipinski definition) is 1. The monoisotopic (exact) mass is 238 g/mol. The first kappa shape index (κ1) is 13.4. The smallest absolute Gasteiger partial charge is 0.0223 e. The van der Waals surface area contributed by atoms with Crippen LogP contribution in [0.25, 0.3) is 0 Å². The van der Waals surface area contributed by atoms with Crippen LogP contribution in [0, 0.1) is 5.92 Å². The van der Waals surface area contributed by atoms with Crippen molar-refractivity contribution in [1.82, 2.24) is 10.2 Å². The third-order valence-electron chi connectivity index (χ3n) is 4.36. The molecule has 0 spiro atoms. The topological polar surface area (TPSA) is 15.3 Å². The van der Waals surface area contributed by atoms with Gasteiger partial charge in [0.1, 0.15) is 0 Å². The second kappa shape index (κ2) is 6.75. The normalized spacial score (nSPS) is 27.9. The summed E-state index contributed by atoms with van der Waals surface area (Å²) in [6, 6.07) is 1.70. The first-order valence-corrected chi connectivity index (χ1v) is 7.74. The fraction of sp³-hybridized carbons (Fsp3) is 1.00. The molecule has 0 bridgehead atoms. The van der Waals surface area contributed by atoms with Crippen molar-refractivity contribution < 1.29 is 0 Å². The molecule has 2 aliphatic rings. The van der Waals surface area contributed by atoms with Crippen molar-refractivity contribution >= 4 is 0 Å². The van der Waals surface area contributed by atoms with E-state index in [-0.39, 0.29) is 0 Å². The largest absolute Gasteiger partial charge is 0.315 e. The Morgan fingerprint density at radius 2 is 1.65 bits per heavy atom. The number of nitrogens with one attached hydrogen (secondary N) is 1. The van der Waals surface area contributed by atoms with Crippen molar-refractivity contribution in [3.63, 3.8) is 0 Å². The average molecular weight is 238 g/mol. The predicted octanol–water partition coefficient (Wildman–Crippen LogP) is 3.03. The van der Waals surface area contributed by atoms with Crippen molar-refractivity contribution in [2.45, 2.75) is 70.9 Å². The second-order valence-corrected chi connectivity index (χ2v) is 6.38. The molecule has 1 saturated heterocycles. The highest BCUT2D eigenvalue weighted by Gasteiger charge is 2.29. The van der Waals surface area contributed by atoms with Crippen LogP contribution in [0.15, 0.2) is 0 Å². The maximum absolute atomic E-state index is 3.63. The van der Waals surface area contributed by atoms with Crippen molar-refractivity contribution in [2.75, 3.05) is 19.6 Å². The van der Waals surface area contributed by atoms with Gasteiger partial charge in [-0.15, -0.1) is 0 Å².